The van der Waals surface area contributed by atoms with Crippen LogP contribution in [0.2, 0.25) is 0 Å². The molecule has 0 spiro atoms. The van der Waals surface area contributed by atoms with Crippen LogP contribution < -0.4 is 5.32 Å². The summed E-state index contributed by atoms with van der Waals surface area (Å²) in [7, 11) is 1.97. The second-order valence-corrected chi connectivity index (χ2v) is 4.55. The fourth-order valence-electron chi connectivity index (χ4n) is 1.73. The van der Waals surface area contributed by atoms with Gasteiger partial charge in [-0.15, -0.1) is 0 Å². The molecule has 1 aromatic heterocycles. The van der Waals surface area contributed by atoms with Crippen LogP contribution in [0.25, 0.3) is 0 Å². The second-order valence-electron chi connectivity index (χ2n) is 3.77. The van der Waals surface area contributed by atoms with E-state index in [0.717, 1.165) is 6.42 Å². The van der Waals surface area contributed by atoms with Gasteiger partial charge in [-0.25, -0.2) is 0 Å². The maximum Gasteiger partial charge on any atom is 0.115 e. The van der Waals surface area contributed by atoms with E-state index in [-0.39, 0.29) is 0 Å². The van der Waals surface area contributed by atoms with E-state index in [1.165, 1.54) is 11.1 Å². The van der Waals surface area contributed by atoms with Gasteiger partial charge in [-0.2, -0.15) is 11.3 Å². The molecule has 2 rings (SSSR count). The van der Waals surface area contributed by atoms with Crippen molar-refractivity contribution in [2.45, 2.75) is 12.5 Å². The average molecular weight is 233 g/mol. The lowest BCUT2D eigenvalue weighted by Gasteiger charge is -2.14. The Hall–Kier alpha value is -1.32. The number of hydrogen-bond acceptors (Lipinski definition) is 3. The van der Waals surface area contributed by atoms with Gasteiger partial charge in [0.1, 0.15) is 5.75 Å². The van der Waals surface area contributed by atoms with Crippen molar-refractivity contribution in [3.8, 4) is 5.75 Å². The van der Waals surface area contributed by atoms with Crippen molar-refractivity contribution in [2.75, 3.05) is 7.05 Å². The molecule has 0 aliphatic carbocycles. The molecular weight excluding hydrogens is 218 g/mol. The van der Waals surface area contributed by atoms with Crippen LogP contribution in [-0.4, -0.2) is 12.2 Å². The fourth-order valence-corrected chi connectivity index (χ4v) is 2.44. The lowest BCUT2D eigenvalue weighted by atomic mass is 10.0. The Morgan fingerprint density at radius 2 is 2.00 bits per heavy atom. The SMILES string of the molecule is CNC(Cc1ccc(O)cc1)c1ccsc1. The number of benzene rings is 1. The van der Waals surface area contributed by atoms with E-state index in [1.807, 2.05) is 19.2 Å². The summed E-state index contributed by atoms with van der Waals surface area (Å²) >= 11 is 1.72. The standard InChI is InChI=1S/C13H15NOS/c1-14-13(11-6-7-16-9-11)8-10-2-4-12(15)5-3-10/h2-7,9,13-15H,8H2,1H3. The van der Waals surface area contributed by atoms with Gasteiger partial charge < -0.3 is 10.4 Å². The molecule has 2 nitrogen and oxygen atoms in total. The van der Waals surface area contributed by atoms with E-state index in [0.29, 0.717) is 11.8 Å². The minimum Gasteiger partial charge on any atom is -0.508 e. The van der Waals surface area contributed by atoms with Gasteiger partial charge in [-0.1, -0.05) is 12.1 Å². The molecule has 0 fully saturated rings. The average Bonchev–Trinajstić information content (AvgIpc) is 2.82. The highest BCUT2D eigenvalue weighted by atomic mass is 32.1. The molecule has 3 heteroatoms. The van der Waals surface area contributed by atoms with E-state index in [9.17, 15) is 5.11 Å². The molecule has 0 saturated carbocycles. The third kappa shape index (κ3) is 2.62. The van der Waals surface area contributed by atoms with Gasteiger partial charge in [0.15, 0.2) is 0 Å². The van der Waals surface area contributed by atoms with Crippen LogP contribution in [-0.2, 0) is 6.42 Å². The van der Waals surface area contributed by atoms with E-state index in [1.54, 1.807) is 23.5 Å². The van der Waals surface area contributed by atoms with Crippen LogP contribution in [0, 0.1) is 0 Å². The van der Waals surface area contributed by atoms with Crippen molar-refractivity contribution >= 4 is 11.3 Å². The van der Waals surface area contributed by atoms with Gasteiger partial charge in [-0.3, -0.25) is 0 Å². The van der Waals surface area contributed by atoms with Crippen molar-refractivity contribution in [3.63, 3.8) is 0 Å². The van der Waals surface area contributed by atoms with Crippen LogP contribution in [0.3, 0.4) is 0 Å². The van der Waals surface area contributed by atoms with Crippen LogP contribution in [0.4, 0.5) is 0 Å². The summed E-state index contributed by atoms with van der Waals surface area (Å²) in [5.41, 5.74) is 2.55. The van der Waals surface area contributed by atoms with Crippen LogP contribution in [0.15, 0.2) is 41.1 Å². The Balaban J connectivity index is 2.10. The summed E-state index contributed by atoms with van der Waals surface area (Å²) in [5, 5.41) is 16.8. The molecule has 1 heterocycles. The zero-order valence-electron chi connectivity index (χ0n) is 9.18. The van der Waals surface area contributed by atoms with Crippen molar-refractivity contribution < 1.29 is 5.11 Å². The number of thiophene rings is 1. The predicted octanol–water partition coefficient (Wildman–Crippen LogP) is 2.96. The summed E-state index contributed by atoms with van der Waals surface area (Å²) in [6, 6.07) is 9.88. The molecular formula is C13H15NOS. The molecule has 0 aliphatic heterocycles. The lowest BCUT2D eigenvalue weighted by molar-refractivity contribution is 0.475. The van der Waals surface area contributed by atoms with Gasteiger partial charge in [0.25, 0.3) is 0 Å². The number of hydrogen-bond donors (Lipinski definition) is 2. The first-order valence-electron chi connectivity index (χ1n) is 5.27. The molecule has 0 saturated heterocycles. The van der Waals surface area contributed by atoms with Gasteiger partial charge in [-0.05, 0) is 53.6 Å². The van der Waals surface area contributed by atoms with Crippen molar-refractivity contribution in [1.29, 1.82) is 0 Å². The monoisotopic (exact) mass is 233 g/mol. The van der Waals surface area contributed by atoms with Gasteiger partial charge in [0.05, 0.1) is 0 Å². The molecule has 0 amide bonds. The summed E-state index contributed by atoms with van der Waals surface area (Å²) < 4.78 is 0. The molecule has 2 N–H and O–H groups in total. The molecule has 1 unspecified atom stereocenters. The molecule has 0 bridgehead atoms. The minimum atomic E-state index is 0.320. The highest BCUT2D eigenvalue weighted by Crippen LogP contribution is 2.21. The first kappa shape index (κ1) is 11.2. The summed E-state index contributed by atoms with van der Waals surface area (Å²) in [6.07, 6.45) is 0.938. The van der Waals surface area contributed by atoms with Crippen molar-refractivity contribution in [2.24, 2.45) is 0 Å². The molecule has 84 valence electrons. The number of rotatable bonds is 4. The molecule has 0 radical (unpaired) electrons. The Labute approximate surface area is 99.6 Å². The zero-order valence-corrected chi connectivity index (χ0v) is 10.00. The number of phenols is 1. The Kier molecular flexibility index (Phi) is 3.59. The number of phenolic OH excluding ortho intramolecular Hbond substituents is 1. The van der Waals surface area contributed by atoms with Crippen LogP contribution in [0.1, 0.15) is 17.2 Å². The normalized spacial score (nSPS) is 12.6. The smallest absolute Gasteiger partial charge is 0.115 e. The second kappa shape index (κ2) is 5.14. The topological polar surface area (TPSA) is 32.3 Å². The summed E-state index contributed by atoms with van der Waals surface area (Å²) in [4.78, 5) is 0. The molecule has 16 heavy (non-hydrogen) atoms. The Morgan fingerprint density at radius 3 is 2.56 bits per heavy atom. The van der Waals surface area contributed by atoms with Crippen molar-refractivity contribution in [1.82, 2.24) is 5.32 Å². The van der Waals surface area contributed by atoms with Gasteiger partial charge >= 0.3 is 0 Å². The van der Waals surface area contributed by atoms with Crippen LogP contribution in [0.5, 0.6) is 5.75 Å². The lowest BCUT2D eigenvalue weighted by Crippen LogP contribution is -2.18. The first-order valence-corrected chi connectivity index (χ1v) is 6.21. The number of likely N-dealkylation sites (N-methyl/N-ethyl adjacent to an activating group) is 1. The maximum absolute atomic E-state index is 9.22. The minimum absolute atomic E-state index is 0.320. The van der Waals surface area contributed by atoms with Crippen LogP contribution >= 0.6 is 11.3 Å². The van der Waals surface area contributed by atoms with E-state index in [4.69, 9.17) is 0 Å². The summed E-state index contributed by atoms with van der Waals surface area (Å²) in [5.74, 6) is 0.320. The molecule has 1 atom stereocenters. The Bertz CT molecular complexity index is 422. The highest BCUT2D eigenvalue weighted by molar-refractivity contribution is 7.07. The van der Waals surface area contributed by atoms with E-state index >= 15 is 0 Å². The van der Waals surface area contributed by atoms with E-state index in [2.05, 4.69) is 22.1 Å². The highest BCUT2D eigenvalue weighted by Gasteiger charge is 2.10. The molecule has 1 aromatic carbocycles. The first-order chi connectivity index (χ1) is 7.79. The summed E-state index contributed by atoms with van der Waals surface area (Å²) in [6.45, 7) is 0. The largest absolute Gasteiger partial charge is 0.508 e. The third-order valence-corrected chi connectivity index (χ3v) is 3.37. The Morgan fingerprint density at radius 1 is 1.25 bits per heavy atom. The predicted molar refractivity (Wildman–Crippen MR) is 67.9 cm³/mol. The fraction of sp³-hybridized carbons (Fsp3) is 0.231. The van der Waals surface area contributed by atoms with Gasteiger partial charge in [0.2, 0.25) is 0 Å². The molecule has 2 aromatic rings. The van der Waals surface area contributed by atoms with Gasteiger partial charge in [0, 0.05) is 6.04 Å². The quantitative estimate of drug-likeness (QED) is 0.851. The molecule has 0 aliphatic rings. The third-order valence-electron chi connectivity index (χ3n) is 2.67. The number of aromatic hydroxyl groups is 1. The van der Waals surface area contributed by atoms with Crippen molar-refractivity contribution in [3.05, 3.63) is 52.2 Å². The van der Waals surface area contributed by atoms with E-state index < -0.39 is 0 Å². The number of nitrogens with one attached hydrogen (secondary N) is 1. The maximum atomic E-state index is 9.22. The zero-order chi connectivity index (χ0) is 11.4.